The summed E-state index contributed by atoms with van der Waals surface area (Å²) in [6.45, 7) is 0.824. The second kappa shape index (κ2) is 4.96. The number of nitrogens with two attached hydrogens (primary N) is 1. The number of carbonyl (C=O) groups is 1. The van der Waals surface area contributed by atoms with Crippen LogP contribution in [0.1, 0.15) is 38.5 Å². The van der Waals surface area contributed by atoms with Gasteiger partial charge in [-0.15, -0.1) is 0 Å². The van der Waals surface area contributed by atoms with Crippen LogP contribution in [0.5, 0.6) is 0 Å². The van der Waals surface area contributed by atoms with Crippen molar-refractivity contribution < 1.29 is 4.79 Å². The normalized spacial score (nSPS) is 24.6. The molecule has 1 atom stereocenters. The molecule has 0 aromatic heterocycles. The molecular formula is C12H22N2OS. The number of carbonyl (C=O) groups excluding carboxylic acids is 1. The van der Waals surface area contributed by atoms with Crippen LogP contribution < -0.4 is 11.1 Å². The molecule has 0 radical (unpaired) electrons. The van der Waals surface area contributed by atoms with E-state index in [-0.39, 0.29) is 11.9 Å². The van der Waals surface area contributed by atoms with Crippen molar-refractivity contribution >= 4 is 17.7 Å². The van der Waals surface area contributed by atoms with E-state index in [1.54, 1.807) is 0 Å². The van der Waals surface area contributed by atoms with Crippen LogP contribution in [0.4, 0.5) is 0 Å². The van der Waals surface area contributed by atoms with Gasteiger partial charge in [-0.3, -0.25) is 4.79 Å². The van der Waals surface area contributed by atoms with E-state index >= 15 is 0 Å². The van der Waals surface area contributed by atoms with E-state index < -0.39 is 0 Å². The topological polar surface area (TPSA) is 55.1 Å². The van der Waals surface area contributed by atoms with Crippen LogP contribution in [0, 0.1) is 5.92 Å². The monoisotopic (exact) mass is 242 g/mol. The molecule has 92 valence electrons. The molecule has 0 aromatic rings. The van der Waals surface area contributed by atoms with Gasteiger partial charge in [-0.2, -0.15) is 11.8 Å². The Labute approximate surface area is 102 Å². The standard InChI is InChI=1S/C12H22N2OS/c1-16-12(5-2-6-12)8-14-11(15)7-10(13)9-3-4-9/h9-10H,2-8,13H2,1H3,(H,14,15). The summed E-state index contributed by atoms with van der Waals surface area (Å²) in [4.78, 5) is 11.7. The Morgan fingerprint density at radius 3 is 2.69 bits per heavy atom. The summed E-state index contributed by atoms with van der Waals surface area (Å²) in [6.07, 6.45) is 8.85. The first-order valence-corrected chi connectivity index (χ1v) is 7.45. The zero-order valence-corrected chi connectivity index (χ0v) is 10.8. The molecule has 3 N–H and O–H groups in total. The lowest BCUT2D eigenvalue weighted by molar-refractivity contribution is -0.121. The summed E-state index contributed by atoms with van der Waals surface area (Å²) in [5, 5.41) is 3.05. The Hall–Kier alpha value is -0.220. The van der Waals surface area contributed by atoms with Crippen molar-refractivity contribution in [2.45, 2.75) is 49.3 Å². The van der Waals surface area contributed by atoms with Gasteiger partial charge in [0.05, 0.1) is 0 Å². The van der Waals surface area contributed by atoms with Crippen molar-refractivity contribution in [3.8, 4) is 0 Å². The summed E-state index contributed by atoms with van der Waals surface area (Å²) in [5.41, 5.74) is 5.93. The lowest BCUT2D eigenvalue weighted by Gasteiger charge is -2.40. The molecule has 2 aliphatic carbocycles. The quantitative estimate of drug-likeness (QED) is 0.742. The van der Waals surface area contributed by atoms with Gasteiger partial charge in [-0.25, -0.2) is 0 Å². The molecule has 3 nitrogen and oxygen atoms in total. The highest BCUT2D eigenvalue weighted by atomic mass is 32.2. The molecule has 2 fully saturated rings. The van der Waals surface area contributed by atoms with Gasteiger partial charge in [0.2, 0.25) is 5.91 Å². The zero-order chi connectivity index (χ0) is 11.6. The van der Waals surface area contributed by atoms with E-state index in [2.05, 4.69) is 11.6 Å². The first kappa shape index (κ1) is 12.2. The number of rotatable bonds is 6. The number of hydrogen-bond donors (Lipinski definition) is 2. The summed E-state index contributed by atoms with van der Waals surface area (Å²) in [5.74, 6) is 0.753. The molecule has 1 amide bonds. The van der Waals surface area contributed by atoms with Crippen LogP contribution in [0.3, 0.4) is 0 Å². The van der Waals surface area contributed by atoms with Gasteiger partial charge < -0.3 is 11.1 Å². The molecule has 2 rings (SSSR count). The van der Waals surface area contributed by atoms with E-state index in [1.807, 2.05) is 11.8 Å². The average molecular weight is 242 g/mol. The van der Waals surface area contributed by atoms with Crippen molar-refractivity contribution in [2.75, 3.05) is 12.8 Å². The highest BCUT2D eigenvalue weighted by Gasteiger charge is 2.36. The molecule has 2 saturated carbocycles. The minimum atomic E-state index is 0.0895. The average Bonchev–Trinajstić information content (AvgIpc) is 2.99. The number of hydrogen-bond acceptors (Lipinski definition) is 3. The second-order valence-electron chi connectivity index (χ2n) is 5.22. The number of amides is 1. The molecule has 1 unspecified atom stereocenters. The smallest absolute Gasteiger partial charge is 0.221 e. The Bertz CT molecular complexity index is 256. The summed E-state index contributed by atoms with van der Waals surface area (Å²) in [6, 6.07) is 0.0895. The zero-order valence-electron chi connectivity index (χ0n) is 10.00. The molecule has 2 aliphatic rings. The molecule has 0 spiro atoms. The van der Waals surface area contributed by atoms with Crippen LogP contribution in [0.2, 0.25) is 0 Å². The first-order valence-electron chi connectivity index (χ1n) is 6.23. The predicted molar refractivity (Wildman–Crippen MR) is 68.4 cm³/mol. The van der Waals surface area contributed by atoms with Crippen LogP contribution >= 0.6 is 11.8 Å². The van der Waals surface area contributed by atoms with Gasteiger partial charge >= 0.3 is 0 Å². The van der Waals surface area contributed by atoms with Crippen LogP contribution in [-0.4, -0.2) is 29.5 Å². The van der Waals surface area contributed by atoms with Crippen molar-refractivity contribution in [2.24, 2.45) is 11.7 Å². The first-order chi connectivity index (χ1) is 7.65. The highest BCUT2D eigenvalue weighted by molar-refractivity contribution is 8.00. The minimum absolute atomic E-state index is 0.0895. The maximum Gasteiger partial charge on any atom is 0.221 e. The van der Waals surface area contributed by atoms with Crippen LogP contribution in [0.15, 0.2) is 0 Å². The SMILES string of the molecule is CSC1(CNC(=O)CC(N)C2CC2)CCC1. The number of thioether (sulfide) groups is 1. The Morgan fingerprint density at radius 2 is 2.25 bits per heavy atom. The van der Waals surface area contributed by atoms with Gasteiger partial charge in [0.1, 0.15) is 0 Å². The van der Waals surface area contributed by atoms with Gasteiger partial charge in [-0.1, -0.05) is 6.42 Å². The summed E-state index contributed by atoms with van der Waals surface area (Å²) < 4.78 is 0.333. The summed E-state index contributed by atoms with van der Waals surface area (Å²) in [7, 11) is 0. The molecule has 0 aromatic carbocycles. The third-order valence-corrected chi connectivity index (χ3v) is 5.37. The molecule has 0 bridgehead atoms. The lowest BCUT2D eigenvalue weighted by Crippen LogP contribution is -2.46. The Balaban J connectivity index is 1.66. The van der Waals surface area contributed by atoms with Crippen molar-refractivity contribution in [1.82, 2.24) is 5.32 Å². The van der Waals surface area contributed by atoms with Gasteiger partial charge in [-0.05, 0) is 37.9 Å². The van der Waals surface area contributed by atoms with Crippen LogP contribution in [-0.2, 0) is 4.79 Å². The molecule has 16 heavy (non-hydrogen) atoms. The fourth-order valence-corrected chi connectivity index (χ4v) is 3.17. The third kappa shape index (κ3) is 2.92. The van der Waals surface area contributed by atoms with Crippen molar-refractivity contribution in [1.29, 1.82) is 0 Å². The van der Waals surface area contributed by atoms with Gasteiger partial charge in [0, 0.05) is 23.8 Å². The van der Waals surface area contributed by atoms with Crippen LogP contribution in [0.25, 0.3) is 0 Å². The van der Waals surface area contributed by atoms with Gasteiger partial charge in [0.15, 0.2) is 0 Å². The van der Waals surface area contributed by atoms with E-state index in [0.717, 1.165) is 6.54 Å². The molecule has 4 heteroatoms. The minimum Gasteiger partial charge on any atom is -0.355 e. The fraction of sp³-hybridized carbons (Fsp3) is 0.917. The molecule has 0 saturated heterocycles. The number of nitrogens with one attached hydrogen (secondary N) is 1. The molecular weight excluding hydrogens is 220 g/mol. The maximum atomic E-state index is 11.7. The second-order valence-corrected chi connectivity index (χ2v) is 6.50. The highest BCUT2D eigenvalue weighted by Crippen LogP contribution is 2.42. The van der Waals surface area contributed by atoms with Crippen molar-refractivity contribution in [3.63, 3.8) is 0 Å². The van der Waals surface area contributed by atoms with E-state index in [4.69, 9.17) is 5.73 Å². The van der Waals surface area contributed by atoms with E-state index in [9.17, 15) is 4.79 Å². The van der Waals surface area contributed by atoms with Crippen molar-refractivity contribution in [3.05, 3.63) is 0 Å². The molecule has 0 heterocycles. The van der Waals surface area contributed by atoms with E-state index in [1.165, 1.54) is 32.1 Å². The summed E-state index contributed by atoms with van der Waals surface area (Å²) >= 11 is 1.89. The maximum absolute atomic E-state index is 11.7. The largest absolute Gasteiger partial charge is 0.355 e. The Morgan fingerprint density at radius 1 is 1.56 bits per heavy atom. The fourth-order valence-electron chi connectivity index (χ4n) is 2.26. The van der Waals surface area contributed by atoms with E-state index in [0.29, 0.717) is 17.1 Å². The lowest BCUT2D eigenvalue weighted by atomic mass is 9.84. The van der Waals surface area contributed by atoms with Gasteiger partial charge in [0.25, 0.3) is 0 Å². The Kier molecular flexibility index (Phi) is 3.80. The third-order valence-electron chi connectivity index (χ3n) is 3.95. The molecule has 0 aliphatic heterocycles. The predicted octanol–water partition coefficient (Wildman–Crippen LogP) is 1.52.